The molecule has 11 heteroatoms. The minimum absolute atomic E-state index is 0.210. The van der Waals surface area contributed by atoms with Crippen LogP contribution in [-0.4, -0.2) is 32.9 Å². The van der Waals surface area contributed by atoms with Gasteiger partial charge in [-0.05, 0) is 62.3 Å². The highest BCUT2D eigenvalue weighted by Crippen LogP contribution is 2.44. The summed E-state index contributed by atoms with van der Waals surface area (Å²) in [6.07, 6.45) is 5.63. The van der Waals surface area contributed by atoms with Crippen LogP contribution in [0.15, 0.2) is 58.5 Å². The number of amidine groups is 1. The van der Waals surface area contributed by atoms with Crippen LogP contribution in [0.4, 0.5) is 20.3 Å². The van der Waals surface area contributed by atoms with Crippen molar-refractivity contribution in [2.24, 2.45) is 23.1 Å². The topological polar surface area (TPSA) is 100 Å². The van der Waals surface area contributed by atoms with Gasteiger partial charge in [0.25, 0.3) is 0 Å². The Morgan fingerprint density at radius 3 is 2.51 bits per heavy atom. The highest BCUT2D eigenvalue weighted by atomic mass is 32.2. The number of rotatable bonds is 8. The number of nitrogens with zero attached hydrogens (tertiary/aromatic N) is 5. The molecule has 4 N–H and O–H groups in total. The van der Waals surface area contributed by atoms with E-state index in [4.69, 9.17) is 10.1 Å². The number of allylic oxidation sites excluding steroid dienone is 2. The van der Waals surface area contributed by atoms with Gasteiger partial charge in [0.15, 0.2) is 17.5 Å². The first kappa shape index (κ1) is 24.7. The van der Waals surface area contributed by atoms with Gasteiger partial charge in [0.05, 0.1) is 6.20 Å². The molecule has 8 nitrogen and oxygen atoms in total. The van der Waals surface area contributed by atoms with Crippen molar-refractivity contribution in [1.82, 2.24) is 20.0 Å². The molecule has 0 bridgehead atoms. The van der Waals surface area contributed by atoms with Crippen molar-refractivity contribution < 1.29 is 8.78 Å². The van der Waals surface area contributed by atoms with Crippen LogP contribution in [0.25, 0.3) is 5.57 Å². The number of benzene rings is 1. The number of aromatic amines is 1. The van der Waals surface area contributed by atoms with Crippen molar-refractivity contribution in [2.45, 2.75) is 31.6 Å². The highest BCUT2D eigenvalue weighted by molar-refractivity contribution is 7.97. The monoisotopic (exact) mass is 498 g/mol. The van der Waals surface area contributed by atoms with Crippen LogP contribution >= 0.6 is 11.9 Å². The molecule has 0 aliphatic heterocycles. The Kier molecular flexibility index (Phi) is 7.08. The zero-order chi connectivity index (χ0) is 25.3. The van der Waals surface area contributed by atoms with Gasteiger partial charge in [-0.1, -0.05) is 6.58 Å². The van der Waals surface area contributed by atoms with Gasteiger partial charge in [-0.3, -0.25) is 14.9 Å². The van der Waals surface area contributed by atoms with E-state index >= 15 is 0 Å². The molecule has 0 amide bonds. The van der Waals surface area contributed by atoms with Crippen LogP contribution in [0.3, 0.4) is 0 Å². The molecule has 0 saturated heterocycles. The third-order valence-corrected chi connectivity index (χ3v) is 6.30. The van der Waals surface area contributed by atoms with E-state index in [0.29, 0.717) is 22.4 Å². The Morgan fingerprint density at radius 1 is 1.31 bits per heavy atom. The number of nitrogens with two attached hydrogens (primary N) is 1. The van der Waals surface area contributed by atoms with Crippen molar-refractivity contribution in [2.75, 3.05) is 17.3 Å². The first-order chi connectivity index (χ1) is 16.7. The van der Waals surface area contributed by atoms with Gasteiger partial charge in [-0.25, -0.2) is 13.8 Å². The highest BCUT2D eigenvalue weighted by Gasteiger charge is 2.32. The van der Waals surface area contributed by atoms with Crippen LogP contribution in [0.1, 0.15) is 31.0 Å². The van der Waals surface area contributed by atoms with Gasteiger partial charge >= 0.3 is 0 Å². The summed E-state index contributed by atoms with van der Waals surface area (Å²) in [6.45, 7) is 7.92. The second-order valence-corrected chi connectivity index (χ2v) is 9.26. The van der Waals surface area contributed by atoms with E-state index in [1.54, 1.807) is 24.9 Å². The van der Waals surface area contributed by atoms with Crippen LogP contribution in [0.2, 0.25) is 0 Å². The molecule has 0 spiro atoms. The molecule has 0 unspecified atom stereocenters. The lowest BCUT2D eigenvalue weighted by Gasteiger charge is -2.22. The smallest absolute Gasteiger partial charge is 0.153 e. The maximum atomic E-state index is 14.8. The lowest BCUT2D eigenvalue weighted by atomic mass is 9.98. The number of aromatic nitrogens is 4. The predicted octanol–water partition coefficient (Wildman–Crippen LogP) is 5.00. The van der Waals surface area contributed by atoms with E-state index in [1.807, 2.05) is 26.2 Å². The molecule has 3 aromatic rings. The summed E-state index contributed by atoms with van der Waals surface area (Å²) in [5.74, 6) is 0.282. The largest absolute Gasteiger partial charge is 0.328 e. The lowest BCUT2D eigenvalue weighted by molar-refractivity contribution is 0.579. The molecule has 184 valence electrons. The fraction of sp³-hybridized carbons (Fsp3) is 0.292. The standard InChI is InChI=1S/C24H28F2N8S/c1-13-8-21(32-31-13)30-24(22(16-6-7-16)14(2)17-11-28-33(4)12-17)29-15(3)34(5)23-19(25)9-18(35-27)10-20(23)26/h8-12,16H,2,6-7,27H2,1,3-5H3,(H2,30,31,32)/b24-22-,29-15+. The molecule has 1 aliphatic carbocycles. The van der Waals surface area contributed by atoms with Gasteiger partial charge < -0.3 is 10.2 Å². The average Bonchev–Trinajstić information content (AvgIpc) is 3.40. The molecular formula is C24H28F2N8S. The minimum atomic E-state index is -0.724. The number of H-pyrrole nitrogens is 1. The van der Waals surface area contributed by atoms with E-state index in [2.05, 4.69) is 27.2 Å². The van der Waals surface area contributed by atoms with E-state index in [1.165, 1.54) is 17.0 Å². The van der Waals surface area contributed by atoms with E-state index in [9.17, 15) is 8.78 Å². The van der Waals surface area contributed by atoms with Gasteiger partial charge in [-0.15, -0.1) is 0 Å². The van der Waals surface area contributed by atoms with Crippen LogP contribution in [-0.2, 0) is 7.05 Å². The third kappa shape index (κ3) is 5.46. The van der Waals surface area contributed by atoms with Crippen LogP contribution < -0.4 is 15.4 Å². The van der Waals surface area contributed by atoms with E-state index in [-0.39, 0.29) is 11.6 Å². The number of anilines is 2. The summed E-state index contributed by atoms with van der Waals surface area (Å²) in [7, 11) is 3.41. The molecule has 35 heavy (non-hydrogen) atoms. The maximum Gasteiger partial charge on any atom is 0.153 e. The fourth-order valence-corrected chi connectivity index (χ4v) is 4.12. The van der Waals surface area contributed by atoms with Gasteiger partial charge in [0.1, 0.15) is 17.3 Å². The Bertz CT molecular complexity index is 1300. The van der Waals surface area contributed by atoms with Crippen molar-refractivity contribution in [3.8, 4) is 0 Å². The molecular weight excluding hydrogens is 470 g/mol. The van der Waals surface area contributed by atoms with E-state index < -0.39 is 11.6 Å². The number of hydrogen-bond donors (Lipinski definition) is 3. The SMILES string of the molecule is C=C(/C(=C(\N=C(/C)N(C)c1c(F)cc(SN)cc1F)Nc1cc(C)[nH]n1)C1CC1)c1cnn(C)c1. The van der Waals surface area contributed by atoms with Gasteiger partial charge in [0.2, 0.25) is 0 Å². The minimum Gasteiger partial charge on any atom is -0.328 e. The molecule has 4 rings (SSSR count). The second-order valence-electron chi connectivity index (χ2n) is 8.55. The molecule has 2 aromatic heterocycles. The van der Waals surface area contributed by atoms with Crippen molar-refractivity contribution in [1.29, 1.82) is 0 Å². The molecule has 2 heterocycles. The molecule has 1 aromatic carbocycles. The Morgan fingerprint density at radius 2 is 2.00 bits per heavy atom. The Hall–Kier alpha value is -3.44. The van der Waals surface area contributed by atoms with Crippen LogP contribution in [0, 0.1) is 24.5 Å². The number of aryl methyl sites for hydroxylation is 2. The van der Waals surface area contributed by atoms with E-state index in [0.717, 1.165) is 47.2 Å². The van der Waals surface area contributed by atoms with Crippen molar-refractivity contribution in [3.63, 3.8) is 0 Å². The summed E-state index contributed by atoms with van der Waals surface area (Å²) < 4.78 is 31.3. The normalized spacial score (nSPS) is 14.7. The second kappa shape index (κ2) is 10.0. The molecule has 1 aliphatic rings. The average molecular weight is 499 g/mol. The summed E-state index contributed by atoms with van der Waals surface area (Å²) >= 11 is 0.784. The zero-order valence-electron chi connectivity index (χ0n) is 20.1. The third-order valence-electron chi connectivity index (χ3n) is 5.79. The lowest BCUT2D eigenvalue weighted by Crippen LogP contribution is -2.26. The summed E-state index contributed by atoms with van der Waals surface area (Å²) in [4.78, 5) is 6.48. The molecule has 0 radical (unpaired) electrons. The maximum absolute atomic E-state index is 14.8. The molecule has 1 fully saturated rings. The number of nitrogens with one attached hydrogen (secondary N) is 2. The van der Waals surface area contributed by atoms with Crippen LogP contribution in [0.5, 0.6) is 0 Å². The Labute approximate surface area is 207 Å². The quantitative estimate of drug-likeness (QED) is 0.175. The van der Waals surface area contributed by atoms with Crippen molar-refractivity contribution in [3.05, 3.63) is 71.5 Å². The fourth-order valence-electron chi connectivity index (χ4n) is 3.78. The predicted molar refractivity (Wildman–Crippen MR) is 137 cm³/mol. The van der Waals surface area contributed by atoms with Crippen molar-refractivity contribution >= 4 is 34.9 Å². The summed E-state index contributed by atoms with van der Waals surface area (Å²) in [5, 5.41) is 20.2. The number of halogens is 2. The first-order valence-electron chi connectivity index (χ1n) is 11.0. The molecule has 0 atom stereocenters. The number of hydrogen-bond acceptors (Lipinski definition) is 6. The zero-order valence-corrected chi connectivity index (χ0v) is 20.9. The van der Waals surface area contributed by atoms with Gasteiger partial charge in [-0.2, -0.15) is 10.2 Å². The summed E-state index contributed by atoms with van der Waals surface area (Å²) in [6, 6.07) is 4.26. The summed E-state index contributed by atoms with van der Waals surface area (Å²) in [5.41, 5.74) is 3.25. The molecule has 1 saturated carbocycles. The Balaban J connectivity index is 1.79. The first-order valence-corrected chi connectivity index (χ1v) is 11.9. The number of aliphatic imine (C=N–C) groups is 1. The van der Waals surface area contributed by atoms with Gasteiger partial charge in [0, 0.05) is 48.1 Å².